The Kier molecular flexibility index (Phi) is 5.44. The highest BCUT2D eigenvalue weighted by atomic mass is 16.3. The molecular weight excluding hydrogens is 366 g/mol. The number of nitrogens with one attached hydrogen (secondary N) is 2. The molecule has 0 atom stereocenters. The quantitative estimate of drug-likeness (QED) is 0.516. The number of piperazine rings is 1. The predicted molar refractivity (Wildman–Crippen MR) is 113 cm³/mol. The molecule has 29 heavy (non-hydrogen) atoms. The summed E-state index contributed by atoms with van der Waals surface area (Å²) in [6.45, 7) is 6.58. The second-order valence-corrected chi connectivity index (χ2v) is 7.30. The first-order chi connectivity index (χ1) is 14.1. The number of phenolic OH excluding ortho intramolecular Hbond substituents is 1. The van der Waals surface area contributed by atoms with Gasteiger partial charge in [0.15, 0.2) is 5.82 Å². The number of nitrogen functional groups attached to an aromatic ring is 1. The van der Waals surface area contributed by atoms with Crippen molar-refractivity contribution in [3.63, 3.8) is 0 Å². The highest BCUT2D eigenvalue weighted by Gasteiger charge is 2.22. The summed E-state index contributed by atoms with van der Waals surface area (Å²) in [4.78, 5) is 16.9. The van der Waals surface area contributed by atoms with Crippen LogP contribution in [0.1, 0.15) is 11.4 Å². The highest BCUT2D eigenvalue weighted by Crippen LogP contribution is 2.19. The number of para-hydroxylation sites is 1. The molecule has 0 aliphatic carbocycles. The Balaban J connectivity index is 1.39. The molecule has 0 spiro atoms. The lowest BCUT2D eigenvalue weighted by Gasteiger charge is -2.33. The van der Waals surface area contributed by atoms with Crippen LogP contribution in [0.3, 0.4) is 0 Å². The number of rotatable bonds is 5. The fourth-order valence-corrected chi connectivity index (χ4v) is 3.55. The van der Waals surface area contributed by atoms with Crippen molar-refractivity contribution in [2.24, 2.45) is 0 Å². The molecule has 0 amide bonds. The summed E-state index contributed by atoms with van der Waals surface area (Å²) < 4.78 is 0. The van der Waals surface area contributed by atoms with Crippen molar-refractivity contribution in [3.8, 4) is 5.75 Å². The number of hydrogen-bond acceptors (Lipinski definition) is 7. The van der Waals surface area contributed by atoms with Crippen LogP contribution in [0, 0.1) is 6.92 Å². The summed E-state index contributed by atoms with van der Waals surface area (Å²) in [5, 5.41) is 12.7. The van der Waals surface area contributed by atoms with Crippen LogP contribution < -0.4 is 20.9 Å². The van der Waals surface area contributed by atoms with Gasteiger partial charge in [-0.1, -0.05) is 18.2 Å². The molecule has 0 saturated carbocycles. The first kappa shape index (κ1) is 18.9. The molecule has 5 N–H and O–H groups in total. The summed E-state index contributed by atoms with van der Waals surface area (Å²) in [7, 11) is 0. The minimum absolute atomic E-state index is 0.230. The number of aryl methyl sites for hydroxylation is 1. The smallest absolute Gasteiger partial charge is 0.232 e. The highest BCUT2D eigenvalue weighted by molar-refractivity contribution is 5.58. The maximum atomic E-state index is 9.46. The minimum Gasteiger partial charge on any atom is -0.508 e. The molecular formula is C21H26N7O+. The van der Waals surface area contributed by atoms with Gasteiger partial charge in [-0.15, -0.1) is 0 Å². The van der Waals surface area contributed by atoms with Crippen LogP contribution in [0.5, 0.6) is 5.75 Å². The molecule has 1 aromatic heterocycles. The van der Waals surface area contributed by atoms with Gasteiger partial charge in [-0.05, 0) is 42.8 Å². The Hall–Kier alpha value is -3.39. The SMILES string of the molecule is Cc1ccccc1Nc1nc(N)nc(C[NH+]2CCN(c3ccc(O)cc3)CC2)n1. The van der Waals surface area contributed by atoms with Gasteiger partial charge in [-0.25, -0.2) is 0 Å². The van der Waals surface area contributed by atoms with Crippen LogP contribution in [0.15, 0.2) is 48.5 Å². The van der Waals surface area contributed by atoms with E-state index < -0.39 is 0 Å². The van der Waals surface area contributed by atoms with E-state index in [1.165, 1.54) is 4.90 Å². The molecule has 3 aromatic rings. The number of aromatic hydroxyl groups is 1. The zero-order chi connectivity index (χ0) is 20.2. The average Bonchev–Trinajstić information content (AvgIpc) is 2.71. The van der Waals surface area contributed by atoms with E-state index in [0.717, 1.165) is 43.1 Å². The largest absolute Gasteiger partial charge is 0.508 e. The van der Waals surface area contributed by atoms with E-state index in [-0.39, 0.29) is 5.95 Å². The van der Waals surface area contributed by atoms with E-state index in [1.807, 2.05) is 43.3 Å². The standard InChI is InChI=1S/C21H25N7O/c1-15-4-2-3-5-18(15)23-21-25-19(24-20(22)26-21)14-27-10-12-28(13-11-27)16-6-8-17(29)9-7-16/h2-9,29H,10-14H2,1H3,(H3,22,23,24,25,26)/p+1. The van der Waals surface area contributed by atoms with Crippen LogP contribution in [0.2, 0.25) is 0 Å². The molecule has 2 aromatic carbocycles. The molecule has 8 nitrogen and oxygen atoms in total. The van der Waals surface area contributed by atoms with Crippen molar-refractivity contribution in [2.75, 3.05) is 42.1 Å². The van der Waals surface area contributed by atoms with Gasteiger partial charge in [0, 0.05) is 11.4 Å². The molecule has 0 unspecified atom stereocenters. The number of benzene rings is 2. The van der Waals surface area contributed by atoms with Gasteiger partial charge in [-0.2, -0.15) is 15.0 Å². The van der Waals surface area contributed by atoms with Crippen LogP contribution in [0.4, 0.5) is 23.3 Å². The first-order valence-electron chi connectivity index (χ1n) is 9.77. The van der Waals surface area contributed by atoms with E-state index in [9.17, 15) is 5.11 Å². The Morgan fingerprint density at radius 3 is 2.48 bits per heavy atom. The van der Waals surface area contributed by atoms with Gasteiger partial charge >= 0.3 is 0 Å². The van der Waals surface area contributed by atoms with Crippen molar-refractivity contribution in [2.45, 2.75) is 13.5 Å². The van der Waals surface area contributed by atoms with Crippen molar-refractivity contribution >= 4 is 23.3 Å². The van der Waals surface area contributed by atoms with Gasteiger partial charge in [-0.3, -0.25) is 0 Å². The van der Waals surface area contributed by atoms with Crippen molar-refractivity contribution < 1.29 is 10.0 Å². The molecule has 1 aliphatic rings. The molecule has 150 valence electrons. The monoisotopic (exact) mass is 392 g/mol. The maximum Gasteiger partial charge on any atom is 0.232 e. The number of phenols is 1. The number of nitrogens with two attached hydrogens (primary N) is 1. The van der Waals surface area contributed by atoms with Gasteiger partial charge in [0.25, 0.3) is 0 Å². The number of hydrogen-bond donors (Lipinski definition) is 4. The lowest BCUT2D eigenvalue weighted by molar-refractivity contribution is -0.915. The summed E-state index contributed by atoms with van der Waals surface area (Å²) in [5.41, 5.74) is 9.13. The summed E-state index contributed by atoms with van der Waals surface area (Å²) in [5.74, 6) is 1.69. The summed E-state index contributed by atoms with van der Waals surface area (Å²) in [6.07, 6.45) is 0. The third kappa shape index (κ3) is 4.72. The predicted octanol–water partition coefficient (Wildman–Crippen LogP) is 1.12. The van der Waals surface area contributed by atoms with Crippen LogP contribution in [-0.2, 0) is 6.54 Å². The first-order valence-corrected chi connectivity index (χ1v) is 9.77. The lowest BCUT2D eigenvalue weighted by Crippen LogP contribution is -3.13. The van der Waals surface area contributed by atoms with E-state index in [1.54, 1.807) is 12.1 Å². The Bertz CT molecular complexity index is 969. The Morgan fingerprint density at radius 1 is 1.03 bits per heavy atom. The van der Waals surface area contributed by atoms with Crippen molar-refractivity contribution in [1.29, 1.82) is 0 Å². The second kappa shape index (κ2) is 8.32. The summed E-state index contributed by atoms with van der Waals surface area (Å²) >= 11 is 0. The fourth-order valence-electron chi connectivity index (χ4n) is 3.55. The topological polar surface area (TPSA) is 105 Å². The molecule has 4 rings (SSSR count). The van der Waals surface area contributed by atoms with Crippen LogP contribution in [0.25, 0.3) is 0 Å². The fraction of sp³-hybridized carbons (Fsp3) is 0.286. The van der Waals surface area contributed by atoms with Gasteiger partial charge in [0.05, 0.1) is 26.2 Å². The van der Waals surface area contributed by atoms with Crippen LogP contribution >= 0.6 is 0 Å². The van der Waals surface area contributed by atoms with Gasteiger partial charge in [0.1, 0.15) is 12.3 Å². The average molecular weight is 392 g/mol. The van der Waals surface area contributed by atoms with E-state index in [0.29, 0.717) is 24.1 Å². The molecule has 2 heterocycles. The number of nitrogens with zero attached hydrogens (tertiary/aromatic N) is 4. The second-order valence-electron chi connectivity index (χ2n) is 7.30. The van der Waals surface area contributed by atoms with Gasteiger partial charge < -0.3 is 26.0 Å². The summed E-state index contributed by atoms with van der Waals surface area (Å²) in [6, 6.07) is 15.4. The zero-order valence-corrected chi connectivity index (χ0v) is 16.5. The molecule has 1 fully saturated rings. The third-order valence-electron chi connectivity index (χ3n) is 5.18. The van der Waals surface area contributed by atoms with Gasteiger partial charge in [0.2, 0.25) is 11.9 Å². The number of anilines is 4. The Morgan fingerprint density at radius 2 is 1.76 bits per heavy atom. The molecule has 1 aliphatic heterocycles. The Labute approximate surface area is 170 Å². The molecule has 0 radical (unpaired) electrons. The number of quaternary nitrogens is 1. The lowest BCUT2D eigenvalue weighted by atomic mass is 10.2. The molecule has 8 heteroatoms. The normalized spacial score (nSPS) is 14.7. The minimum atomic E-state index is 0.230. The zero-order valence-electron chi connectivity index (χ0n) is 16.5. The molecule has 1 saturated heterocycles. The van der Waals surface area contributed by atoms with E-state index in [2.05, 4.69) is 25.2 Å². The maximum absolute atomic E-state index is 9.46. The van der Waals surface area contributed by atoms with E-state index in [4.69, 9.17) is 5.73 Å². The van der Waals surface area contributed by atoms with Crippen molar-refractivity contribution in [1.82, 2.24) is 15.0 Å². The van der Waals surface area contributed by atoms with Crippen molar-refractivity contribution in [3.05, 3.63) is 59.9 Å². The number of aromatic nitrogens is 3. The molecule has 0 bridgehead atoms. The van der Waals surface area contributed by atoms with Crippen LogP contribution in [-0.4, -0.2) is 46.2 Å². The van der Waals surface area contributed by atoms with E-state index >= 15 is 0 Å². The third-order valence-corrected chi connectivity index (χ3v) is 5.18.